The van der Waals surface area contributed by atoms with E-state index in [0.717, 1.165) is 30.4 Å². The number of fused-ring (bicyclic) bond motifs is 1. The van der Waals surface area contributed by atoms with Gasteiger partial charge in [-0.15, -0.1) is 10.2 Å². The first-order chi connectivity index (χ1) is 11.4. The van der Waals surface area contributed by atoms with Crippen molar-refractivity contribution >= 4 is 23.2 Å². The predicted octanol–water partition coefficient (Wildman–Crippen LogP) is 2.59. The Morgan fingerprint density at radius 2 is 2.09 bits per heavy atom. The third-order valence-corrected chi connectivity index (χ3v) is 6.11. The Balaban J connectivity index is 1.44. The first-order valence-corrected chi connectivity index (χ1v) is 9.74. The summed E-state index contributed by atoms with van der Waals surface area (Å²) >= 11 is 1.99. The fourth-order valence-electron chi connectivity index (χ4n) is 3.49. The molecule has 1 N–H and O–H groups in total. The van der Waals surface area contributed by atoms with E-state index in [4.69, 9.17) is 0 Å². The number of hydrogen-bond acceptors (Lipinski definition) is 6. The van der Waals surface area contributed by atoms with Gasteiger partial charge in [0.25, 0.3) is 0 Å². The highest BCUT2D eigenvalue weighted by atomic mass is 32.2. The van der Waals surface area contributed by atoms with Gasteiger partial charge in [-0.2, -0.15) is 11.8 Å². The van der Waals surface area contributed by atoms with Crippen LogP contribution in [0, 0.1) is 0 Å². The number of nitrogens with zero attached hydrogens (tertiary/aromatic N) is 5. The lowest BCUT2D eigenvalue weighted by Crippen LogP contribution is -2.33. The van der Waals surface area contributed by atoms with E-state index in [2.05, 4.69) is 29.8 Å². The van der Waals surface area contributed by atoms with Crippen LogP contribution < -0.4 is 5.32 Å². The summed E-state index contributed by atoms with van der Waals surface area (Å²) in [6.07, 6.45) is 10.4. The lowest BCUT2D eigenvalue weighted by atomic mass is 10.1. The molecule has 124 valence electrons. The Kier molecular flexibility index (Phi) is 4.66. The molecule has 2 saturated heterocycles. The van der Waals surface area contributed by atoms with E-state index in [-0.39, 0.29) is 0 Å². The van der Waals surface area contributed by atoms with E-state index in [0.29, 0.717) is 5.25 Å². The van der Waals surface area contributed by atoms with Crippen LogP contribution in [0.5, 0.6) is 0 Å². The maximum Gasteiger partial charge on any atom is 0.203 e. The fourth-order valence-corrected chi connectivity index (χ4v) is 4.75. The maximum absolute atomic E-state index is 4.47. The molecule has 6 nitrogen and oxygen atoms in total. The number of hydrogen-bond donors (Lipinski definition) is 1. The molecule has 2 aliphatic heterocycles. The topological polar surface area (TPSA) is 58.4 Å². The van der Waals surface area contributed by atoms with Crippen molar-refractivity contribution in [2.75, 3.05) is 37.2 Å². The zero-order valence-electron chi connectivity index (χ0n) is 13.4. The lowest BCUT2D eigenvalue weighted by Gasteiger charge is -2.26. The van der Waals surface area contributed by atoms with Gasteiger partial charge in [-0.05, 0) is 44.5 Å². The van der Waals surface area contributed by atoms with Gasteiger partial charge in [0.1, 0.15) is 0 Å². The van der Waals surface area contributed by atoms with Gasteiger partial charge in [0.15, 0.2) is 11.6 Å². The minimum absolute atomic E-state index is 0.480. The van der Waals surface area contributed by atoms with Gasteiger partial charge in [-0.3, -0.25) is 4.40 Å². The van der Waals surface area contributed by atoms with Gasteiger partial charge in [0.05, 0.1) is 5.25 Å². The second kappa shape index (κ2) is 7.05. The molecule has 23 heavy (non-hydrogen) atoms. The Morgan fingerprint density at radius 1 is 1.17 bits per heavy atom. The molecule has 4 heterocycles. The van der Waals surface area contributed by atoms with Crippen molar-refractivity contribution in [3.63, 3.8) is 0 Å². The number of likely N-dealkylation sites (tertiary alicyclic amines) is 1. The number of rotatable bonds is 5. The van der Waals surface area contributed by atoms with E-state index < -0.39 is 0 Å². The molecule has 1 atom stereocenters. The Labute approximate surface area is 141 Å². The van der Waals surface area contributed by atoms with Crippen LogP contribution in [-0.2, 0) is 0 Å². The molecule has 0 bridgehead atoms. The van der Waals surface area contributed by atoms with E-state index in [9.17, 15) is 0 Å². The Hall–Kier alpha value is -1.34. The van der Waals surface area contributed by atoms with Crippen LogP contribution in [0.25, 0.3) is 5.65 Å². The fraction of sp³-hybridized carbons (Fsp3) is 0.688. The summed E-state index contributed by atoms with van der Waals surface area (Å²) in [6, 6.07) is 0. The molecule has 2 aliphatic rings. The van der Waals surface area contributed by atoms with Crippen LogP contribution in [0.3, 0.4) is 0 Å². The van der Waals surface area contributed by atoms with E-state index in [1.54, 1.807) is 0 Å². The van der Waals surface area contributed by atoms with Crippen LogP contribution in [0.4, 0.5) is 5.82 Å². The summed E-state index contributed by atoms with van der Waals surface area (Å²) < 4.78 is 2.11. The highest BCUT2D eigenvalue weighted by Gasteiger charge is 2.23. The number of anilines is 1. The van der Waals surface area contributed by atoms with Gasteiger partial charge < -0.3 is 10.2 Å². The minimum Gasteiger partial charge on any atom is -0.366 e. The van der Waals surface area contributed by atoms with E-state index in [1.165, 1.54) is 50.9 Å². The molecule has 2 fully saturated rings. The molecule has 2 aromatic heterocycles. The van der Waals surface area contributed by atoms with Crippen molar-refractivity contribution in [2.45, 2.75) is 37.4 Å². The summed E-state index contributed by atoms with van der Waals surface area (Å²) in [5.41, 5.74) is 0.855. The second-order valence-corrected chi connectivity index (χ2v) is 7.67. The molecule has 0 aromatic carbocycles. The molecular weight excluding hydrogens is 308 g/mol. The van der Waals surface area contributed by atoms with Crippen molar-refractivity contribution in [3.8, 4) is 0 Å². The quantitative estimate of drug-likeness (QED) is 0.908. The highest BCUT2D eigenvalue weighted by Crippen LogP contribution is 2.39. The summed E-state index contributed by atoms with van der Waals surface area (Å²) in [5.74, 6) is 3.15. The normalized spacial score (nSPS) is 22.7. The Morgan fingerprint density at radius 3 is 2.91 bits per heavy atom. The van der Waals surface area contributed by atoms with E-state index >= 15 is 0 Å². The zero-order chi connectivity index (χ0) is 15.5. The second-order valence-electron chi connectivity index (χ2n) is 6.36. The van der Waals surface area contributed by atoms with Crippen molar-refractivity contribution in [2.24, 2.45) is 0 Å². The van der Waals surface area contributed by atoms with Crippen molar-refractivity contribution in [1.29, 1.82) is 0 Å². The third-order valence-electron chi connectivity index (χ3n) is 4.74. The largest absolute Gasteiger partial charge is 0.366 e. The maximum atomic E-state index is 4.47. The highest BCUT2D eigenvalue weighted by molar-refractivity contribution is 7.99. The lowest BCUT2D eigenvalue weighted by molar-refractivity contribution is 0.237. The molecule has 0 spiro atoms. The van der Waals surface area contributed by atoms with Crippen LogP contribution in [0.2, 0.25) is 0 Å². The molecular formula is C16H24N6S. The van der Waals surface area contributed by atoms with Crippen LogP contribution >= 0.6 is 11.8 Å². The van der Waals surface area contributed by atoms with Gasteiger partial charge in [0, 0.05) is 25.5 Å². The van der Waals surface area contributed by atoms with Gasteiger partial charge >= 0.3 is 0 Å². The standard InChI is InChI=1S/C16H24N6S/c1-2-8-21(9-3-1)10-6-17-14-16-20-19-15(13-5-4-12-23-13)22(16)11-7-18-14/h7,11,13H,1-6,8-10,12H2,(H,17,18)/t13-/m0/s1. The average Bonchev–Trinajstić information content (AvgIpc) is 3.25. The molecule has 0 unspecified atom stereocenters. The summed E-state index contributed by atoms with van der Waals surface area (Å²) in [4.78, 5) is 7.00. The smallest absolute Gasteiger partial charge is 0.203 e. The van der Waals surface area contributed by atoms with Gasteiger partial charge in [-0.25, -0.2) is 4.98 Å². The molecule has 7 heteroatoms. The monoisotopic (exact) mass is 332 g/mol. The minimum atomic E-state index is 0.480. The number of piperidine rings is 1. The SMILES string of the molecule is c1cn2c([C@@H]3CCCS3)nnc2c(NCCN2CCCCC2)n1. The predicted molar refractivity (Wildman–Crippen MR) is 94.0 cm³/mol. The average molecular weight is 332 g/mol. The van der Waals surface area contributed by atoms with Crippen LogP contribution in [0.1, 0.15) is 43.2 Å². The first kappa shape index (κ1) is 15.2. The first-order valence-electron chi connectivity index (χ1n) is 8.69. The summed E-state index contributed by atoms with van der Waals surface area (Å²) in [6.45, 7) is 4.44. The molecule has 2 aromatic rings. The zero-order valence-corrected chi connectivity index (χ0v) is 14.3. The van der Waals surface area contributed by atoms with Gasteiger partial charge in [0.2, 0.25) is 5.65 Å². The molecule has 0 radical (unpaired) electrons. The molecule has 0 saturated carbocycles. The van der Waals surface area contributed by atoms with Crippen molar-refractivity contribution in [1.82, 2.24) is 24.5 Å². The molecule has 4 rings (SSSR count). The van der Waals surface area contributed by atoms with Gasteiger partial charge in [-0.1, -0.05) is 6.42 Å². The van der Waals surface area contributed by atoms with Crippen molar-refractivity contribution < 1.29 is 0 Å². The Bertz CT molecular complexity index is 645. The number of aromatic nitrogens is 4. The van der Waals surface area contributed by atoms with Crippen LogP contribution in [-0.4, -0.2) is 56.4 Å². The summed E-state index contributed by atoms with van der Waals surface area (Å²) in [7, 11) is 0. The summed E-state index contributed by atoms with van der Waals surface area (Å²) in [5, 5.41) is 12.8. The number of nitrogens with one attached hydrogen (secondary N) is 1. The van der Waals surface area contributed by atoms with Crippen molar-refractivity contribution in [3.05, 3.63) is 18.2 Å². The van der Waals surface area contributed by atoms with Crippen LogP contribution in [0.15, 0.2) is 12.4 Å². The third kappa shape index (κ3) is 3.30. The van der Waals surface area contributed by atoms with E-state index in [1.807, 2.05) is 24.2 Å². The molecule has 0 amide bonds. The molecule has 0 aliphatic carbocycles. The number of thioether (sulfide) groups is 1.